The number of methoxy groups -OCH3 is 8. The van der Waals surface area contributed by atoms with Gasteiger partial charge in [0.15, 0.2) is 23.0 Å². The third-order valence-corrected chi connectivity index (χ3v) is 12.4. The van der Waals surface area contributed by atoms with E-state index in [1.807, 2.05) is 84.9 Å². The fourth-order valence-corrected chi connectivity index (χ4v) is 9.79. The topological polar surface area (TPSA) is 114 Å². The first-order valence-corrected chi connectivity index (χ1v) is 19.9. The molecule has 310 valence electrons. The molecule has 2 N–H and O–H groups in total. The van der Waals surface area contributed by atoms with Crippen molar-refractivity contribution in [1.29, 1.82) is 0 Å². The van der Waals surface area contributed by atoms with E-state index >= 15 is 0 Å². The van der Waals surface area contributed by atoms with E-state index in [0.29, 0.717) is 89.4 Å². The van der Waals surface area contributed by atoms with Gasteiger partial charge in [-0.25, -0.2) is 0 Å². The summed E-state index contributed by atoms with van der Waals surface area (Å²) in [6.45, 7) is 0. The number of hydrogen-bond donors (Lipinski definition) is 2. The van der Waals surface area contributed by atoms with Crippen molar-refractivity contribution < 1.29 is 48.1 Å². The fraction of sp³-hybridized carbons (Fsp3) is 0.154. The maximum atomic E-state index is 13.0. The summed E-state index contributed by atoms with van der Waals surface area (Å²) in [5.41, 5.74) is 0.627. The van der Waals surface area contributed by atoms with Crippen LogP contribution in [0.15, 0.2) is 97.1 Å². The highest BCUT2D eigenvalue weighted by molar-refractivity contribution is 6.35. The molecule has 0 aromatic heterocycles. The lowest BCUT2D eigenvalue weighted by molar-refractivity contribution is 0.362. The van der Waals surface area contributed by atoms with Crippen LogP contribution >= 0.6 is 0 Å². The molecule has 62 heavy (non-hydrogen) atoms. The summed E-state index contributed by atoms with van der Waals surface area (Å²) in [6, 6.07) is 31.0. The lowest BCUT2D eigenvalue weighted by atomic mass is 9.87. The zero-order valence-electron chi connectivity index (χ0n) is 35.4. The van der Waals surface area contributed by atoms with Crippen molar-refractivity contribution in [2.24, 2.45) is 0 Å². The van der Waals surface area contributed by atoms with E-state index in [1.54, 1.807) is 69.0 Å². The average Bonchev–Trinajstić information content (AvgIpc) is 3.31. The number of ether oxygens (including phenoxy) is 8. The van der Waals surface area contributed by atoms with Crippen molar-refractivity contribution in [2.75, 3.05) is 56.9 Å². The van der Waals surface area contributed by atoms with Gasteiger partial charge in [-0.15, -0.1) is 0 Å². The van der Waals surface area contributed by atoms with E-state index in [9.17, 15) is 10.2 Å². The SMILES string of the molecule is COc1c(OC)c2ccc3c(OC)cc4c(OC)cc(-c5cc(OC)c6cc(OC)c7ccc8c(OC)c(OC)c9ccccc9c8c7c6c5O)c(O)c4c3c2c2ccccc12. The normalized spacial score (nSPS) is 11.7. The summed E-state index contributed by atoms with van der Waals surface area (Å²) in [6.07, 6.45) is 0. The molecule has 0 fully saturated rings. The van der Waals surface area contributed by atoms with Crippen LogP contribution in [0.4, 0.5) is 0 Å². The molecule has 0 amide bonds. The molecule has 0 aliphatic carbocycles. The third-order valence-electron chi connectivity index (χ3n) is 12.4. The minimum atomic E-state index is -0.0870. The largest absolute Gasteiger partial charge is 0.507 e. The molecule has 0 radical (unpaired) electrons. The predicted octanol–water partition coefficient (Wildman–Crippen LogP) is 12.1. The zero-order valence-corrected chi connectivity index (χ0v) is 35.4. The van der Waals surface area contributed by atoms with Gasteiger partial charge in [-0.05, 0) is 59.3 Å². The first-order chi connectivity index (χ1) is 30.3. The van der Waals surface area contributed by atoms with Crippen molar-refractivity contribution >= 4 is 86.2 Å². The number of fused-ring (bicyclic) bond motifs is 14. The Hall–Kier alpha value is -7.72. The van der Waals surface area contributed by atoms with E-state index < -0.39 is 0 Å². The van der Waals surface area contributed by atoms with Gasteiger partial charge < -0.3 is 48.1 Å². The van der Waals surface area contributed by atoms with E-state index in [-0.39, 0.29) is 11.5 Å². The molecular weight excluding hydrogens is 785 g/mol. The highest BCUT2D eigenvalue weighted by Gasteiger charge is 2.28. The fourth-order valence-electron chi connectivity index (χ4n) is 9.79. The highest BCUT2D eigenvalue weighted by Crippen LogP contribution is 2.57. The molecule has 0 spiro atoms. The van der Waals surface area contributed by atoms with Crippen LogP contribution in [0.1, 0.15) is 0 Å². The quantitative estimate of drug-likeness (QED) is 0.136. The molecular formula is C52H42O10. The third kappa shape index (κ3) is 5.09. The Labute approximate surface area is 355 Å². The van der Waals surface area contributed by atoms with Gasteiger partial charge in [0.25, 0.3) is 0 Å². The molecule has 0 aliphatic heterocycles. The van der Waals surface area contributed by atoms with Gasteiger partial charge in [-0.3, -0.25) is 0 Å². The molecule has 10 nitrogen and oxygen atoms in total. The Balaban J connectivity index is 1.43. The second-order valence-corrected chi connectivity index (χ2v) is 15.0. The van der Waals surface area contributed by atoms with E-state index in [0.717, 1.165) is 53.9 Å². The molecule has 10 aromatic rings. The number of rotatable bonds is 9. The molecule has 0 atom stereocenters. The van der Waals surface area contributed by atoms with Crippen LogP contribution in [0.3, 0.4) is 0 Å². The standard InChI is InChI=1S/C52H42O10/c1-55-37-23-35-39(57-3)21-33(47(53)45(35)43-29(37)17-19-31-41(43)25-13-9-11-15-27(25)49(59-5)51(31)61-7)34-22-40(58-4)36-24-38(56-2)30-18-20-32-42(44(30)46(36)48(34)54)26-14-10-12-16-28(26)50(60-6)52(32)62-8/h9-24,53-54H,1-8H3. The van der Waals surface area contributed by atoms with Crippen LogP contribution in [0.2, 0.25) is 0 Å². The Morgan fingerprint density at radius 3 is 0.919 bits per heavy atom. The van der Waals surface area contributed by atoms with Gasteiger partial charge in [-0.2, -0.15) is 0 Å². The molecule has 0 saturated carbocycles. The van der Waals surface area contributed by atoms with Gasteiger partial charge in [0.2, 0.25) is 0 Å². The molecule has 0 unspecified atom stereocenters. The van der Waals surface area contributed by atoms with Gasteiger partial charge in [-0.1, -0.05) is 48.5 Å². The summed E-state index contributed by atoms with van der Waals surface area (Å²) < 4.78 is 48.3. The molecule has 0 heterocycles. The molecule has 0 aliphatic rings. The summed E-state index contributed by atoms with van der Waals surface area (Å²) >= 11 is 0. The Morgan fingerprint density at radius 1 is 0.274 bits per heavy atom. The van der Waals surface area contributed by atoms with Crippen molar-refractivity contribution in [2.45, 2.75) is 0 Å². The van der Waals surface area contributed by atoms with Crippen LogP contribution in [0, 0.1) is 0 Å². The van der Waals surface area contributed by atoms with Gasteiger partial charge in [0, 0.05) is 86.5 Å². The second kappa shape index (κ2) is 14.5. The Morgan fingerprint density at radius 2 is 0.581 bits per heavy atom. The van der Waals surface area contributed by atoms with Crippen molar-refractivity contribution in [1.82, 2.24) is 0 Å². The molecule has 10 aromatic carbocycles. The Kier molecular flexibility index (Phi) is 8.99. The smallest absolute Gasteiger partial charge is 0.169 e. The molecule has 10 heteroatoms. The van der Waals surface area contributed by atoms with Crippen molar-refractivity contribution in [3.05, 3.63) is 97.1 Å². The maximum Gasteiger partial charge on any atom is 0.169 e. The number of aromatic hydroxyl groups is 2. The monoisotopic (exact) mass is 826 g/mol. The zero-order chi connectivity index (χ0) is 43.1. The number of phenolic OH excluding ortho intramolecular Hbond substituents is 2. The summed E-state index contributed by atoms with van der Waals surface area (Å²) in [5, 5.41) is 37.7. The number of hydrogen-bond acceptors (Lipinski definition) is 10. The van der Waals surface area contributed by atoms with Crippen LogP contribution in [0.5, 0.6) is 57.5 Å². The predicted molar refractivity (Wildman–Crippen MR) is 248 cm³/mol. The van der Waals surface area contributed by atoms with Crippen LogP contribution in [0.25, 0.3) is 97.3 Å². The second-order valence-electron chi connectivity index (χ2n) is 15.0. The van der Waals surface area contributed by atoms with Gasteiger partial charge in [0.1, 0.15) is 34.5 Å². The minimum Gasteiger partial charge on any atom is -0.507 e. The molecule has 0 bridgehead atoms. The van der Waals surface area contributed by atoms with E-state index in [2.05, 4.69) is 0 Å². The minimum absolute atomic E-state index is 0.0870. The maximum absolute atomic E-state index is 13.0. The van der Waals surface area contributed by atoms with E-state index in [4.69, 9.17) is 37.9 Å². The van der Waals surface area contributed by atoms with Crippen LogP contribution < -0.4 is 37.9 Å². The van der Waals surface area contributed by atoms with E-state index in [1.165, 1.54) is 0 Å². The summed E-state index contributed by atoms with van der Waals surface area (Å²) in [5.74, 6) is 4.18. The van der Waals surface area contributed by atoms with Crippen molar-refractivity contribution in [3.63, 3.8) is 0 Å². The number of benzene rings is 10. The lowest BCUT2D eigenvalue weighted by Gasteiger charge is -2.22. The average molecular weight is 827 g/mol. The highest BCUT2D eigenvalue weighted by atomic mass is 16.5. The first-order valence-electron chi connectivity index (χ1n) is 19.9. The van der Waals surface area contributed by atoms with Gasteiger partial charge >= 0.3 is 0 Å². The van der Waals surface area contributed by atoms with Gasteiger partial charge in [0.05, 0.1) is 56.9 Å². The van der Waals surface area contributed by atoms with Crippen molar-refractivity contribution in [3.8, 4) is 68.6 Å². The Bertz CT molecular complexity index is 3300. The molecule has 10 rings (SSSR count). The van der Waals surface area contributed by atoms with Crippen LogP contribution in [-0.2, 0) is 0 Å². The first kappa shape index (κ1) is 38.5. The number of phenols is 2. The lowest BCUT2D eigenvalue weighted by Crippen LogP contribution is -1.97. The molecule has 0 saturated heterocycles. The summed E-state index contributed by atoms with van der Waals surface area (Å²) in [4.78, 5) is 0. The van der Waals surface area contributed by atoms with Crippen LogP contribution in [-0.4, -0.2) is 67.1 Å². The summed E-state index contributed by atoms with van der Waals surface area (Å²) in [7, 11) is 12.9.